The molecule has 7 nitrogen and oxygen atoms in total. The van der Waals surface area contributed by atoms with Crippen molar-refractivity contribution in [3.05, 3.63) is 34.8 Å². The van der Waals surface area contributed by atoms with Crippen LogP contribution in [0.15, 0.2) is 24.3 Å². The lowest BCUT2D eigenvalue weighted by Crippen LogP contribution is -2.19. The van der Waals surface area contributed by atoms with E-state index in [-0.39, 0.29) is 5.91 Å². The molecule has 116 valence electrons. The quantitative estimate of drug-likeness (QED) is 0.786. The fourth-order valence-corrected chi connectivity index (χ4v) is 2.73. The van der Waals surface area contributed by atoms with E-state index in [1.807, 2.05) is 0 Å². The van der Waals surface area contributed by atoms with Crippen molar-refractivity contribution in [2.45, 2.75) is 20.3 Å². The number of hydrogen-bond acceptors (Lipinski definition) is 5. The Labute approximate surface area is 131 Å². The van der Waals surface area contributed by atoms with Crippen LogP contribution in [0.3, 0.4) is 0 Å². The lowest BCUT2D eigenvalue weighted by Gasteiger charge is -2.05. The first-order valence-electron chi connectivity index (χ1n) is 6.74. The summed E-state index contributed by atoms with van der Waals surface area (Å²) in [5.74, 6) is 0.161. The molecule has 0 atom stereocenters. The molecule has 1 heterocycles. The van der Waals surface area contributed by atoms with E-state index in [1.165, 1.54) is 17.4 Å². The first-order chi connectivity index (χ1) is 10.4. The first kappa shape index (κ1) is 15.9. The van der Waals surface area contributed by atoms with Crippen LogP contribution in [0.4, 0.5) is 15.6 Å². The number of carbonyl (C=O) groups excluding carboxylic acids is 2. The maximum atomic E-state index is 12.2. The molecule has 8 heteroatoms. The van der Waals surface area contributed by atoms with Crippen LogP contribution in [0.1, 0.15) is 29.2 Å². The molecule has 0 aliphatic rings. The third-order valence-corrected chi connectivity index (χ3v) is 3.52. The van der Waals surface area contributed by atoms with Gasteiger partial charge in [0.1, 0.15) is 5.01 Å². The minimum absolute atomic E-state index is 0.319. The van der Waals surface area contributed by atoms with Crippen LogP contribution >= 0.6 is 11.3 Å². The maximum Gasteiger partial charge on any atom is 0.316 e. The van der Waals surface area contributed by atoms with Gasteiger partial charge in [-0.25, -0.2) is 4.79 Å². The predicted octanol–water partition coefficient (Wildman–Crippen LogP) is 2.48. The molecule has 2 aromatic rings. The Morgan fingerprint density at radius 2 is 2.05 bits per heavy atom. The summed E-state index contributed by atoms with van der Waals surface area (Å²) in [6, 6.07) is 5.80. The van der Waals surface area contributed by atoms with Gasteiger partial charge in [-0.1, -0.05) is 31.3 Å². The van der Waals surface area contributed by atoms with Crippen LogP contribution < -0.4 is 16.4 Å². The smallest absolute Gasteiger partial charge is 0.316 e. The number of benzene rings is 1. The van der Waals surface area contributed by atoms with Crippen molar-refractivity contribution >= 4 is 34.1 Å². The highest BCUT2D eigenvalue weighted by atomic mass is 32.1. The highest BCUT2D eigenvalue weighted by Crippen LogP contribution is 2.19. The molecule has 0 bridgehead atoms. The van der Waals surface area contributed by atoms with Crippen molar-refractivity contribution < 1.29 is 9.59 Å². The zero-order valence-corrected chi connectivity index (χ0v) is 13.1. The third-order valence-electron chi connectivity index (χ3n) is 2.66. The average Bonchev–Trinajstić information content (AvgIpc) is 2.84. The Balaban J connectivity index is 2.05. The van der Waals surface area contributed by atoms with Gasteiger partial charge in [-0.3, -0.25) is 10.1 Å². The van der Waals surface area contributed by atoms with Crippen molar-refractivity contribution in [1.82, 2.24) is 10.2 Å². The van der Waals surface area contributed by atoms with Gasteiger partial charge < -0.3 is 11.1 Å². The molecule has 0 aliphatic carbocycles. The summed E-state index contributed by atoms with van der Waals surface area (Å²) >= 11 is 1.36. The molecule has 1 aromatic heterocycles. The van der Waals surface area contributed by atoms with Crippen molar-refractivity contribution in [1.29, 1.82) is 0 Å². The molecular formula is C14H17N5O2S. The minimum atomic E-state index is -0.681. The molecule has 2 rings (SSSR count). The molecule has 22 heavy (non-hydrogen) atoms. The minimum Gasteiger partial charge on any atom is -0.351 e. The Bertz CT molecular complexity index is 683. The lowest BCUT2D eigenvalue weighted by atomic mass is 10.1. The Kier molecular flexibility index (Phi) is 5.05. The molecule has 3 amide bonds. The molecule has 0 spiro atoms. The van der Waals surface area contributed by atoms with Gasteiger partial charge in [0, 0.05) is 17.7 Å². The predicted molar refractivity (Wildman–Crippen MR) is 86.1 cm³/mol. The van der Waals surface area contributed by atoms with E-state index in [9.17, 15) is 9.59 Å². The second-order valence-corrected chi connectivity index (χ2v) is 6.19. The van der Waals surface area contributed by atoms with Crippen LogP contribution in [0.5, 0.6) is 0 Å². The van der Waals surface area contributed by atoms with E-state index in [1.54, 1.807) is 18.2 Å². The van der Waals surface area contributed by atoms with Gasteiger partial charge in [0.25, 0.3) is 5.91 Å². The highest BCUT2D eigenvalue weighted by molar-refractivity contribution is 7.15. The van der Waals surface area contributed by atoms with Crippen LogP contribution in [-0.4, -0.2) is 22.1 Å². The number of anilines is 2. The van der Waals surface area contributed by atoms with Crippen LogP contribution in [0.2, 0.25) is 0 Å². The number of amides is 3. The zero-order chi connectivity index (χ0) is 16.1. The average molecular weight is 319 g/mol. The van der Waals surface area contributed by atoms with E-state index in [2.05, 4.69) is 34.7 Å². The second-order valence-electron chi connectivity index (χ2n) is 5.12. The van der Waals surface area contributed by atoms with Crippen molar-refractivity contribution in [3.63, 3.8) is 0 Å². The number of carbonyl (C=O) groups is 2. The summed E-state index contributed by atoms with van der Waals surface area (Å²) in [4.78, 5) is 23.0. The summed E-state index contributed by atoms with van der Waals surface area (Å²) in [5, 5.41) is 14.4. The lowest BCUT2D eigenvalue weighted by molar-refractivity contribution is 0.102. The Morgan fingerprint density at radius 3 is 2.73 bits per heavy atom. The van der Waals surface area contributed by atoms with Crippen molar-refractivity contribution in [2.24, 2.45) is 11.7 Å². The first-order valence-corrected chi connectivity index (χ1v) is 7.56. The zero-order valence-electron chi connectivity index (χ0n) is 12.3. The van der Waals surface area contributed by atoms with Crippen LogP contribution in [-0.2, 0) is 6.42 Å². The number of nitrogens with zero attached hydrogens (tertiary/aromatic N) is 2. The number of nitrogens with one attached hydrogen (secondary N) is 2. The summed E-state index contributed by atoms with van der Waals surface area (Å²) in [6.07, 6.45) is 0.825. The summed E-state index contributed by atoms with van der Waals surface area (Å²) < 4.78 is 0. The maximum absolute atomic E-state index is 12.2. The molecule has 0 radical (unpaired) electrons. The van der Waals surface area contributed by atoms with Crippen molar-refractivity contribution in [2.75, 3.05) is 10.6 Å². The number of primary amides is 1. The highest BCUT2D eigenvalue weighted by Gasteiger charge is 2.11. The molecule has 0 fully saturated rings. The Hall–Kier alpha value is -2.48. The molecule has 1 aromatic carbocycles. The SMILES string of the molecule is CC(C)Cc1nnc(NC(=O)c2cccc(NC(N)=O)c2)s1. The molecular weight excluding hydrogens is 302 g/mol. The normalized spacial score (nSPS) is 10.5. The molecule has 0 saturated heterocycles. The van der Waals surface area contributed by atoms with E-state index >= 15 is 0 Å². The summed E-state index contributed by atoms with van der Waals surface area (Å²) in [5.41, 5.74) is 5.90. The number of aromatic nitrogens is 2. The number of nitrogens with two attached hydrogens (primary N) is 1. The number of urea groups is 1. The number of rotatable bonds is 5. The van der Waals surface area contributed by atoms with Gasteiger partial charge >= 0.3 is 6.03 Å². The number of hydrogen-bond donors (Lipinski definition) is 3. The van der Waals surface area contributed by atoms with Crippen molar-refractivity contribution in [3.8, 4) is 0 Å². The third kappa shape index (κ3) is 4.52. The van der Waals surface area contributed by atoms with Gasteiger partial charge in [0.05, 0.1) is 0 Å². The molecule has 0 aliphatic heterocycles. The van der Waals surface area contributed by atoms with Gasteiger partial charge in [-0.15, -0.1) is 10.2 Å². The van der Waals surface area contributed by atoms with Gasteiger partial charge in [0.2, 0.25) is 5.13 Å². The summed E-state index contributed by atoms with van der Waals surface area (Å²) in [7, 11) is 0. The fraction of sp³-hybridized carbons (Fsp3) is 0.286. The van der Waals surface area contributed by atoms with Gasteiger partial charge in [-0.05, 0) is 24.1 Å². The van der Waals surface area contributed by atoms with E-state index in [0.29, 0.717) is 22.3 Å². The van der Waals surface area contributed by atoms with E-state index in [0.717, 1.165) is 11.4 Å². The topological polar surface area (TPSA) is 110 Å². The largest absolute Gasteiger partial charge is 0.351 e. The molecule has 0 unspecified atom stereocenters. The summed E-state index contributed by atoms with van der Waals surface area (Å²) in [6.45, 7) is 4.19. The van der Waals surface area contributed by atoms with Crippen LogP contribution in [0.25, 0.3) is 0 Å². The second kappa shape index (κ2) is 6.99. The van der Waals surface area contributed by atoms with Gasteiger partial charge in [0.15, 0.2) is 0 Å². The standard InChI is InChI=1S/C14H17N5O2S/c1-8(2)6-11-18-19-14(22-11)17-12(20)9-4-3-5-10(7-9)16-13(15)21/h3-5,7-8H,6H2,1-2H3,(H3,15,16,21)(H,17,19,20). The monoisotopic (exact) mass is 319 g/mol. The van der Waals surface area contributed by atoms with E-state index < -0.39 is 6.03 Å². The molecule has 0 saturated carbocycles. The fourth-order valence-electron chi connectivity index (χ4n) is 1.79. The Morgan fingerprint density at radius 1 is 1.27 bits per heavy atom. The van der Waals surface area contributed by atoms with Crippen LogP contribution in [0, 0.1) is 5.92 Å². The van der Waals surface area contributed by atoms with Gasteiger partial charge in [-0.2, -0.15) is 0 Å². The van der Waals surface area contributed by atoms with E-state index in [4.69, 9.17) is 5.73 Å². The molecule has 4 N–H and O–H groups in total.